The third-order valence-electron chi connectivity index (χ3n) is 2.03. The maximum atomic E-state index is 9.84. The molecule has 4 heteroatoms. The summed E-state index contributed by atoms with van der Waals surface area (Å²) >= 11 is 3.22. The number of hydrogen-bond donors (Lipinski definition) is 2. The summed E-state index contributed by atoms with van der Waals surface area (Å²) in [7, 11) is 0. The highest BCUT2D eigenvalue weighted by atomic mass is 79.9. The Morgan fingerprint density at radius 3 is 2.47 bits per heavy atom. The fourth-order valence-corrected chi connectivity index (χ4v) is 1.63. The average molecular weight is 275 g/mol. The highest BCUT2D eigenvalue weighted by Gasteiger charge is 2.20. The van der Waals surface area contributed by atoms with Crippen molar-refractivity contribution >= 4 is 15.9 Å². The summed E-state index contributed by atoms with van der Waals surface area (Å²) in [4.78, 5) is 0. The summed E-state index contributed by atoms with van der Waals surface area (Å²) in [5.41, 5.74) is -0.266. The predicted octanol–water partition coefficient (Wildman–Crippen LogP) is 2.78. The van der Waals surface area contributed by atoms with Crippen molar-refractivity contribution in [1.29, 1.82) is 0 Å². The quantitative estimate of drug-likeness (QED) is 0.891. The van der Waals surface area contributed by atoms with E-state index in [1.54, 1.807) is 26.0 Å². The first kappa shape index (κ1) is 12.3. The van der Waals surface area contributed by atoms with Gasteiger partial charge in [0, 0.05) is 0 Å². The second-order valence-electron chi connectivity index (χ2n) is 3.80. The molecule has 2 N–H and O–H groups in total. The topological polar surface area (TPSA) is 49.7 Å². The highest BCUT2D eigenvalue weighted by Crippen LogP contribution is 2.38. The number of phenols is 1. The largest absolute Gasteiger partial charge is 0.503 e. The Morgan fingerprint density at radius 1 is 1.40 bits per heavy atom. The lowest BCUT2D eigenvalue weighted by Crippen LogP contribution is -2.15. The summed E-state index contributed by atoms with van der Waals surface area (Å²) in [5.74, 6) is 0.439. The molecule has 3 nitrogen and oxygen atoms in total. The molecule has 0 unspecified atom stereocenters. The van der Waals surface area contributed by atoms with Crippen molar-refractivity contribution in [3.63, 3.8) is 0 Å². The van der Waals surface area contributed by atoms with Gasteiger partial charge >= 0.3 is 0 Å². The summed E-state index contributed by atoms with van der Waals surface area (Å²) in [5, 5.41) is 19.5. The molecule has 0 saturated carbocycles. The molecule has 0 heterocycles. The number of aromatic hydroxyl groups is 1. The van der Waals surface area contributed by atoms with E-state index >= 15 is 0 Å². The molecule has 1 aromatic carbocycles. The predicted molar refractivity (Wildman–Crippen MR) is 62.2 cm³/mol. The van der Waals surface area contributed by atoms with E-state index in [2.05, 4.69) is 15.9 Å². The van der Waals surface area contributed by atoms with Crippen LogP contribution in [-0.4, -0.2) is 16.8 Å². The Bertz CT molecular complexity index is 356. The number of hydrogen-bond acceptors (Lipinski definition) is 3. The summed E-state index contributed by atoms with van der Waals surface area (Å²) in [6, 6.07) is 3.32. The van der Waals surface area contributed by atoms with Crippen molar-refractivity contribution in [2.24, 2.45) is 0 Å². The van der Waals surface area contributed by atoms with E-state index < -0.39 is 5.60 Å². The Hall–Kier alpha value is -0.740. The van der Waals surface area contributed by atoms with Gasteiger partial charge < -0.3 is 14.9 Å². The number of rotatable bonds is 3. The van der Waals surface area contributed by atoms with Gasteiger partial charge in [0.1, 0.15) is 0 Å². The Labute approximate surface area is 97.8 Å². The molecule has 0 fully saturated rings. The van der Waals surface area contributed by atoms with Crippen LogP contribution in [0.25, 0.3) is 0 Å². The van der Waals surface area contributed by atoms with E-state index in [1.807, 2.05) is 6.92 Å². The summed E-state index contributed by atoms with van der Waals surface area (Å²) in [6.07, 6.45) is 0. The normalized spacial score (nSPS) is 11.5. The van der Waals surface area contributed by atoms with Gasteiger partial charge in [0.05, 0.1) is 16.7 Å². The van der Waals surface area contributed by atoms with Crippen molar-refractivity contribution in [3.8, 4) is 11.5 Å². The van der Waals surface area contributed by atoms with Gasteiger partial charge in [-0.3, -0.25) is 0 Å². The number of benzene rings is 1. The van der Waals surface area contributed by atoms with Crippen LogP contribution >= 0.6 is 15.9 Å². The second-order valence-corrected chi connectivity index (χ2v) is 4.65. The summed E-state index contributed by atoms with van der Waals surface area (Å²) in [6.45, 7) is 5.67. The van der Waals surface area contributed by atoms with Crippen LogP contribution in [0.4, 0.5) is 0 Å². The van der Waals surface area contributed by atoms with E-state index in [1.165, 1.54) is 0 Å². The van der Waals surface area contributed by atoms with Crippen molar-refractivity contribution in [1.82, 2.24) is 0 Å². The molecule has 0 aliphatic rings. The number of phenolic OH excluding ortho intramolecular Hbond substituents is 1. The SMILES string of the molecule is CCOc1cc(C(C)(C)O)cc(Br)c1O. The molecular formula is C11H15BrO3. The van der Waals surface area contributed by atoms with Gasteiger partial charge in [0.15, 0.2) is 11.5 Å². The van der Waals surface area contributed by atoms with Crippen LogP contribution in [0.15, 0.2) is 16.6 Å². The zero-order valence-electron chi connectivity index (χ0n) is 9.04. The van der Waals surface area contributed by atoms with Crippen LogP contribution in [0.3, 0.4) is 0 Å². The first-order valence-corrected chi connectivity index (χ1v) is 5.53. The number of halogens is 1. The Kier molecular flexibility index (Phi) is 3.62. The molecule has 1 aromatic rings. The maximum absolute atomic E-state index is 9.84. The Morgan fingerprint density at radius 2 is 2.00 bits per heavy atom. The molecule has 0 spiro atoms. The van der Waals surface area contributed by atoms with Gasteiger partial charge in [-0.05, 0) is 54.4 Å². The average Bonchev–Trinajstić information content (AvgIpc) is 2.11. The lowest BCUT2D eigenvalue weighted by Gasteiger charge is -2.20. The second kappa shape index (κ2) is 4.41. The maximum Gasteiger partial charge on any atom is 0.172 e. The van der Waals surface area contributed by atoms with E-state index in [-0.39, 0.29) is 5.75 Å². The molecule has 0 aliphatic carbocycles. The van der Waals surface area contributed by atoms with Gasteiger partial charge in [-0.2, -0.15) is 0 Å². The Balaban J connectivity index is 3.23. The molecule has 0 aliphatic heterocycles. The van der Waals surface area contributed by atoms with Crippen LogP contribution in [0.2, 0.25) is 0 Å². The van der Waals surface area contributed by atoms with Crippen LogP contribution in [-0.2, 0) is 5.60 Å². The van der Waals surface area contributed by atoms with Gasteiger partial charge in [-0.25, -0.2) is 0 Å². The molecule has 84 valence electrons. The molecule has 0 atom stereocenters. The van der Waals surface area contributed by atoms with Crippen molar-refractivity contribution in [2.75, 3.05) is 6.61 Å². The first-order chi connectivity index (χ1) is 6.86. The molecule has 15 heavy (non-hydrogen) atoms. The minimum Gasteiger partial charge on any atom is -0.503 e. The monoisotopic (exact) mass is 274 g/mol. The molecule has 0 amide bonds. The lowest BCUT2D eigenvalue weighted by atomic mass is 9.98. The fraction of sp³-hybridized carbons (Fsp3) is 0.455. The minimum absolute atomic E-state index is 0.0600. The van der Waals surface area contributed by atoms with Gasteiger partial charge in [-0.15, -0.1) is 0 Å². The van der Waals surface area contributed by atoms with Crippen LogP contribution in [0, 0.1) is 0 Å². The standard InChI is InChI=1S/C11H15BrO3/c1-4-15-9-6-7(11(2,3)14)5-8(12)10(9)13/h5-6,13-14H,4H2,1-3H3. The van der Waals surface area contributed by atoms with Gasteiger partial charge in [0.2, 0.25) is 0 Å². The third kappa shape index (κ3) is 2.86. The number of aliphatic hydroxyl groups is 1. The van der Waals surface area contributed by atoms with E-state index in [9.17, 15) is 10.2 Å². The van der Waals surface area contributed by atoms with Crippen LogP contribution in [0.1, 0.15) is 26.3 Å². The first-order valence-electron chi connectivity index (χ1n) is 4.74. The van der Waals surface area contributed by atoms with Crippen LogP contribution in [0.5, 0.6) is 11.5 Å². The smallest absolute Gasteiger partial charge is 0.172 e. The van der Waals surface area contributed by atoms with Gasteiger partial charge in [0.25, 0.3) is 0 Å². The fourth-order valence-electron chi connectivity index (χ4n) is 1.19. The molecular weight excluding hydrogens is 260 g/mol. The molecule has 0 radical (unpaired) electrons. The molecule has 0 bridgehead atoms. The van der Waals surface area contributed by atoms with Crippen molar-refractivity contribution < 1.29 is 14.9 Å². The summed E-state index contributed by atoms with van der Waals surface area (Å²) < 4.78 is 5.78. The van der Waals surface area contributed by atoms with E-state index in [0.717, 1.165) is 0 Å². The highest BCUT2D eigenvalue weighted by molar-refractivity contribution is 9.10. The van der Waals surface area contributed by atoms with Gasteiger partial charge in [-0.1, -0.05) is 0 Å². The van der Waals surface area contributed by atoms with E-state index in [0.29, 0.717) is 22.4 Å². The minimum atomic E-state index is -0.956. The van der Waals surface area contributed by atoms with Crippen LogP contribution < -0.4 is 4.74 Å². The molecule has 0 saturated heterocycles. The number of ether oxygens (including phenoxy) is 1. The molecule has 1 rings (SSSR count). The zero-order chi connectivity index (χ0) is 11.6. The lowest BCUT2D eigenvalue weighted by molar-refractivity contribution is 0.0781. The molecule has 0 aromatic heterocycles. The van der Waals surface area contributed by atoms with Crippen molar-refractivity contribution in [3.05, 3.63) is 22.2 Å². The third-order valence-corrected chi connectivity index (χ3v) is 2.64. The van der Waals surface area contributed by atoms with E-state index in [4.69, 9.17) is 4.74 Å². The zero-order valence-corrected chi connectivity index (χ0v) is 10.6. The van der Waals surface area contributed by atoms with Crippen molar-refractivity contribution in [2.45, 2.75) is 26.4 Å².